The summed E-state index contributed by atoms with van der Waals surface area (Å²) in [6, 6.07) is 0.526. The molecule has 0 aromatic rings. The fraction of sp³-hybridized carbons (Fsp3) is 0.875. The fourth-order valence-corrected chi connectivity index (χ4v) is 3.13. The highest BCUT2D eigenvalue weighted by atomic mass is 16.6. The molecule has 21 heavy (non-hydrogen) atoms. The van der Waals surface area contributed by atoms with E-state index in [0.29, 0.717) is 6.04 Å². The van der Waals surface area contributed by atoms with Crippen LogP contribution >= 0.6 is 0 Å². The van der Waals surface area contributed by atoms with E-state index in [1.807, 2.05) is 25.7 Å². The van der Waals surface area contributed by atoms with Gasteiger partial charge < -0.3 is 9.64 Å². The largest absolute Gasteiger partial charge is 0.460 e. The van der Waals surface area contributed by atoms with Crippen molar-refractivity contribution in [3.05, 3.63) is 0 Å². The lowest BCUT2D eigenvalue weighted by molar-refractivity contribution is -0.156. The van der Waals surface area contributed by atoms with E-state index in [1.165, 1.54) is 25.9 Å². The number of likely N-dealkylation sites (tertiary alicyclic amines) is 2. The first-order valence-electron chi connectivity index (χ1n) is 8.09. The molecule has 1 unspecified atom stereocenters. The van der Waals surface area contributed by atoms with Crippen LogP contribution in [0.3, 0.4) is 0 Å². The molecule has 0 aromatic carbocycles. The maximum atomic E-state index is 12.2. The number of esters is 1. The Kier molecular flexibility index (Phi) is 5.25. The van der Waals surface area contributed by atoms with Crippen LogP contribution in [0.1, 0.15) is 52.9 Å². The molecule has 0 spiro atoms. The summed E-state index contributed by atoms with van der Waals surface area (Å²) in [4.78, 5) is 28.2. The normalized spacial score (nSPS) is 23.6. The minimum Gasteiger partial charge on any atom is -0.460 e. The van der Waals surface area contributed by atoms with Gasteiger partial charge in [-0.3, -0.25) is 14.5 Å². The monoisotopic (exact) mass is 296 g/mol. The van der Waals surface area contributed by atoms with Gasteiger partial charge in [-0.2, -0.15) is 0 Å². The molecule has 0 bridgehead atoms. The van der Waals surface area contributed by atoms with E-state index in [-0.39, 0.29) is 24.7 Å². The van der Waals surface area contributed by atoms with Gasteiger partial charge in [-0.1, -0.05) is 0 Å². The molecule has 5 nitrogen and oxygen atoms in total. The molecule has 0 radical (unpaired) electrons. The average molecular weight is 296 g/mol. The van der Waals surface area contributed by atoms with Crippen molar-refractivity contribution in [2.45, 2.75) is 64.5 Å². The van der Waals surface area contributed by atoms with Gasteiger partial charge in [0, 0.05) is 25.6 Å². The van der Waals surface area contributed by atoms with Crippen molar-refractivity contribution in [1.29, 1.82) is 0 Å². The van der Waals surface area contributed by atoms with Crippen LogP contribution in [-0.4, -0.2) is 59.5 Å². The highest BCUT2D eigenvalue weighted by molar-refractivity contribution is 5.81. The molecule has 2 heterocycles. The van der Waals surface area contributed by atoms with Crippen LogP contribution in [0.25, 0.3) is 0 Å². The summed E-state index contributed by atoms with van der Waals surface area (Å²) < 4.78 is 5.24. The zero-order chi connectivity index (χ0) is 15.5. The number of carbonyl (C=O) groups excluding carboxylic acids is 2. The molecule has 0 N–H and O–H groups in total. The number of hydrogen-bond donors (Lipinski definition) is 0. The number of nitrogens with zero attached hydrogens (tertiary/aromatic N) is 2. The Morgan fingerprint density at radius 3 is 2.38 bits per heavy atom. The quantitative estimate of drug-likeness (QED) is 0.742. The van der Waals surface area contributed by atoms with Crippen molar-refractivity contribution in [1.82, 2.24) is 9.80 Å². The second-order valence-electron chi connectivity index (χ2n) is 7.11. The molecule has 120 valence electrons. The minimum absolute atomic E-state index is 0.0857. The first kappa shape index (κ1) is 16.3. The summed E-state index contributed by atoms with van der Waals surface area (Å²) in [5.41, 5.74) is -0.478. The van der Waals surface area contributed by atoms with Crippen LogP contribution in [0, 0.1) is 0 Å². The Morgan fingerprint density at radius 2 is 1.76 bits per heavy atom. The Bertz CT molecular complexity index is 383. The van der Waals surface area contributed by atoms with Gasteiger partial charge in [0.25, 0.3) is 0 Å². The van der Waals surface area contributed by atoms with Gasteiger partial charge in [0.2, 0.25) is 5.91 Å². The number of hydrogen-bond acceptors (Lipinski definition) is 4. The van der Waals surface area contributed by atoms with Gasteiger partial charge in [-0.25, -0.2) is 0 Å². The van der Waals surface area contributed by atoms with Gasteiger partial charge in [-0.15, -0.1) is 0 Å². The molecule has 2 saturated heterocycles. The number of ether oxygens (including phenoxy) is 1. The third-order valence-corrected chi connectivity index (χ3v) is 4.14. The van der Waals surface area contributed by atoms with Crippen molar-refractivity contribution in [2.75, 3.05) is 26.2 Å². The minimum atomic E-state index is -0.478. The van der Waals surface area contributed by atoms with Crippen molar-refractivity contribution in [3.63, 3.8) is 0 Å². The Balaban J connectivity index is 1.70. The number of amides is 1. The van der Waals surface area contributed by atoms with Gasteiger partial charge in [0.15, 0.2) is 0 Å². The molecule has 0 saturated carbocycles. The van der Waals surface area contributed by atoms with E-state index in [1.54, 1.807) is 0 Å². The Morgan fingerprint density at radius 1 is 1.10 bits per heavy atom. The first-order chi connectivity index (χ1) is 9.85. The predicted molar refractivity (Wildman–Crippen MR) is 80.9 cm³/mol. The molecule has 0 aromatic heterocycles. The van der Waals surface area contributed by atoms with Crippen molar-refractivity contribution < 1.29 is 14.3 Å². The van der Waals surface area contributed by atoms with Gasteiger partial charge >= 0.3 is 5.97 Å². The molecule has 2 aliphatic heterocycles. The SMILES string of the molecule is CC(C)(C)OC(=O)CCC(=O)N1CCC(N2CCCC2)C1. The summed E-state index contributed by atoms with van der Waals surface area (Å²) >= 11 is 0. The smallest absolute Gasteiger partial charge is 0.306 e. The average Bonchev–Trinajstić information content (AvgIpc) is 3.03. The van der Waals surface area contributed by atoms with Crippen LogP contribution in [0.15, 0.2) is 0 Å². The lowest BCUT2D eigenvalue weighted by Crippen LogP contribution is -2.37. The fourth-order valence-electron chi connectivity index (χ4n) is 3.13. The second kappa shape index (κ2) is 6.77. The van der Waals surface area contributed by atoms with Crippen LogP contribution < -0.4 is 0 Å². The molecule has 1 amide bonds. The molecular formula is C16H28N2O3. The van der Waals surface area contributed by atoms with Crippen LogP contribution in [0.4, 0.5) is 0 Å². The lowest BCUT2D eigenvalue weighted by atomic mass is 10.2. The van der Waals surface area contributed by atoms with Gasteiger partial charge in [-0.05, 0) is 53.1 Å². The summed E-state index contributed by atoms with van der Waals surface area (Å²) in [6.07, 6.45) is 4.08. The topological polar surface area (TPSA) is 49.9 Å². The summed E-state index contributed by atoms with van der Waals surface area (Å²) in [5.74, 6) is -0.200. The van der Waals surface area contributed by atoms with E-state index < -0.39 is 5.60 Å². The molecule has 2 aliphatic rings. The maximum absolute atomic E-state index is 12.2. The number of rotatable bonds is 4. The zero-order valence-electron chi connectivity index (χ0n) is 13.6. The maximum Gasteiger partial charge on any atom is 0.306 e. The van der Waals surface area contributed by atoms with Crippen molar-refractivity contribution in [3.8, 4) is 0 Å². The van der Waals surface area contributed by atoms with Gasteiger partial charge in [0.1, 0.15) is 5.60 Å². The zero-order valence-corrected chi connectivity index (χ0v) is 13.6. The Hall–Kier alpha value is -1.10. The first-order valence-corrected chi connectivity index (χ1v) is 8.09. The highest BCUT2D eigenvalue weighted by Gasteiger charge is 2.31. The molecule has 1 atom stereocenters. The van der Waals surface area contributed by atoms with Crippen LogP contribution in [-0.2, 0) is 14.3 Å². The number of carbonyl (C=O) groups is 2. The molecule has 0 aliphatic carbocycles. The van der Waals surface area contributed by atoms with Crippen LogP contribution in [0.5, 0.6) is 0 Å². The van der Waals surface area contributed by atoms with E-state index in [9.17, 15) is 9.59 Å². The third-order valence-electron chi connectivity index (χ3n) is 4.14. The second-order valence-corrected chi connectivity index (χ2v) is 7.11. The van der Waals surface area contributed by atoms with Crippen LogP contribution in [0.2, 0.25) is 0 Å². The van der Waals surface area contributed by atoms with E-state index >= 15 is 0 Å². The summed E-state index contributed by atoms with van der Waals surface area (Å²) in [6.45, 7) is 9.52. The standard InChI is InChI=1S/C16H28N2O3/c1-16(2,3)21-15(20)7-6-14(19)18-11-8-13(12-18)17-9-4-5-10-17/h13H,4-12H2,1-3H3. The van der Waals surface area contributed by atoms with E-state index in [0.717, 1.165) is 19.5 Å². The molecule has 5 heteroatoms. The Labute approximate surface area is 127 Å². The van der Waals surface area contributed by atoms with Crippen molar-refractivity contribution >= 4 is 11.9 Å². The molecule has 2 rings (SSSR count). The summed E-state index contributed by atoms with van der Waals surface area (Å²) in [7, 11) is 0. The van der Waals surface area contributed by atoms with Gasteiger partial charge in [0.05, 0.1) is 6.42 Å². The third kappa shape index (κ3) is 4.99. The predicted octanol–water partition coefficient (Wildman–Crippen LogP) is 1.80. The van der Waals surface area contributed by atoms with E-state index in [4.69, 9.17) is 4.74 Å². The lowest BCUT2D eigenvalue weighted by Gasteiger charge is -2.23. The van der Waals surface area contributed by atoms with Crippen molar-refractivity contribution in [2.24, 2.45) is 0 Å². The molecule has 2 fully saturated rings. The van der Waals surface area contributed by atoms with E-state index in [2.05, 4.69) is 4.90 Å². The highest BCUT2D eigenvalue weighted by Crippen LogP contribution is 2.21. The summed E-state index contributed by atoms with van der Waals surface area (Å²) in [5, 5.41) is 0. The molecular weight excluding hydrogens is 268 g/mol.